The molecule has 0 unspecified atom stereocenters. The molecule has 17 heavy (non-hydrogen) atoms. The molecular weight excluding hydrogens is 210 g/mol. The fraction of sp³-hybridized carbons (Fsp3) is 0.0667. The number of nitrogens with two attached hydrogens (primary N) is 1. The lowest BCUT2D eigenvalue weighted by Crippen LogP contribution is -1.83. The van der Waals surface area contributed by atoms with Gasteiger partial charge in [-0.15, -0.1) is 0 Å². The summed E-state index contributed by atoms with van der Waals surface area (Å²) in [4.78, 5) is 0. The second kappa shape index (κ2) is 5.21. The van der Waals surface area contributed by atoms with Crippen molar-refractivity contribution in [3.05, 3.63) is 59.7 Å². The second-order valence-corrected chi connectivity index (χ2v) is 3.78. The number of benzene rings is 2. The Hall–Kier alpha value is -2.22. The zero-order valence-corrected chi connectivity index (χ0v) is 9.76. The zero-order chi connectivity index (χ0) is 12.1. The monoisotopic (exact) mass is 225 g/mol. The van der Waals surface area contributed by atoms with E-state index >= 15 is 0 Å². The van der Waals surface area contributed by atoms with E-state index in [4.69, 9.17) is 10.5 Å². The molecule has 2 rings (SSSR count). The van der Waals surface area contributed by atoms with Gasteiger partial charge in [-0.1, -0.05) is 36.4 Å². The van der Waals surface area contributed by atoms with Crippen molar-refractivity contribution < 1.29 is 4.74 Å². The summed E-state index contributed by atoms with van der Waals surface area (Å²) < 4.78 is 5.17. The molecule has 2 aromatic rings. The van der Waals surface area contributed by atoms with E-state index in [2.05, 4.69) is 0 Å². The van der Waals surface area contributed by atoms with Gasteiger partial charge in [0.1, 0.15) is 5.75 Å². The molecule has 0 saturated heterocycles. The summed E-state index contributed by atoms with van der Waals surface area (Å²) in [7, 11) is 1.67. The third-order valence-electron chi connectivity index (χ3n) is 2.50. The highest BCUT2D eigenvalue weighted by Gasteiger charge is 1.92. The van der Waals surface area contributed by atoms with Crippen molar-refractivity contribution in [3.8, 4) is 5.75 Å². The molecule has 0 saturated carbocycles. The standard InChI is InChI=1S/C15H15NO/c1-17-15-4-2-3-13(11-15)6-5-12-7-9-14(16)10-8-12/h2-11H,16H2,1H3/b6-5+. The van der Waals surface area contributed by atoms with Gasteiger partial charge in [-0.05, 0) is 35.4 Å². The average molecular weight is 225 g/mol. The maximum absolute atomic E-state index is 5.63. The van der Waals surface area contributed by atoms with Crippen molar-refractivity contribution in [2.45, 2.75) is 0 Å². The average Bonchev–Trinajstić information content (AvgIpc) is 2.38. The SMILES string of the molecule is COc1cccc(/C=C/c2ccc(N)cc2)c1. The van der Waals surface area contributed by atoms with Gasteiger partial charge in [-0.3, -0.25) is 0 Å². The van der Waals surface area contributed by atoms with Crippen molar-refractivity contribution in [3.63, 3.8) is 0 Å². The minimum Gasteiger partial charge on any atom is -0.497 e. The Balaban J connectivity index is 2.16. The molecular formula is C15H15NO. The van der Waals surface area contributed by atoms with Crippen LogP contribution in [0.5, 0.6) is 5.75 Å². The number of rotatable bonds is 3. The molecule has 0 amide bonds. The summed E-state index contributed by atoms with van der Waals surface area (Å²) in [5.74, 6) is 0.865. The number of hydrogen-bond acceptors (Lipinski definition) is 2. The van der Waals surface area contributed by atoms with E-state index in [1.807, 2.05) is 60.7 Å². The third-order valence-corrected chi connectivity index (χ3v) is 2.50. The molecule has 0 aliphatic carbocycles. The molecule has 0 aromatic heterocycles. The minimum absolute atomic E-state index is 0.781. The normalized spacial score (nSPS) is 10.6. The quantitative estimate of drug-likeness (QED) is 0.641. The first-order valence-electron chi connectivity index (χ1n) is 5.45. The molecule has 0 radical (unpaired) electrons. The molecule has 0 fully saturated rings. The summed E-state index contributed by atoms with van der Waals surface area (Å²) in [6.07, 6.45) is 4.10. The lowest BCUT2D eigenvalue weighted by atomic mass is 10.1. The van der Waals surface area contributed by atoms with Crippen LogP contribution < -0.4 is 10.5 Å². The Bertz CT molecular complexity index is 515. The summed E-state index contributed by atoms with van der Waals surface area (Å²) in [6.45, 7) is 0. The lowest BCUT2D eigenvalue weighted by molar-refractivity contribution is 0.414. The first-order valence-corrected chi connectivity index (χ1v) is 5.45. The molecule has 0 heterocycles. The largest absolute Gasteiger partial charge is 0.497 e. The van der Waals surface area contributed by atoms with Crippen molar-refractivity contribution in [1.82, 2.24) is 0 Å². The number of methoxy groups -OCH3 is 1. The molecule has 0 aliphatic rings. The Kier molecular flexibility index (Phi) is 3.46. The van der Waals surface area contributed by atoms with E-state index in [9.17, 15) is 0 Å². The molecule has 2 nitrogen and oxygen atoms in total. The second-order valence-electron chi connectivity index (χ2n) is 3.78. The van der Waals surface area contributed by atoms with Crippen LogP contribution in [0, 0.1) is 0 Å². The van der Waals surface area contributed by atoms with Crippen LogP contribution in [0.4, 0.5) is 5.69 Å². The van der Waals surface area contributed by atoms with E-state index in [-0.39, 0.29) is 0 Å². The smallest absolute Gasteiger partial charge is 0.119 e. The van der Waals surface area contributed by atoms with Crippen molar-refractivity contribution in [1.29, 1.82) is 0 Å². The van der Waals surface area contributed by atoms with Crippen LogP contribution in [0.3, 0.4) is 0 Å². The molecule has 0 bridgehead atoms. The van der Waals surface area contributed by atoms with Crippen molar-refractivity contribution >= 4 is 17.8 Å². The number of nitrogen functional groups attached to an aromatic ring is 1. The van der Waals surface area contributed by atoms with Gasteiger partial charge in [-0.25, -0.2) is 0 Å². The Morgan fingerprint density at radius 3 is 2.35 bits per heavy atom. The van der Waals surface area contributed by atoms with E-state index in [0.29, 0.717) is 0 Å². The fourth-order valence-corrected chi connectivity index (χ4v) is 1.54. The summed E-state index contributed by atoms with van der Waals surface area (Å²) in [5, 5.41) is 0. The predicted molar refractivity (Wildman–Crippen MR) is 72.8 cm³/mol. The first-order chi connectivity index (χ1) is 8.28. The molecule has 0 atom stereocenters. The summed E-state index contributed by atoms with van der Waals surface area (Å²) >= 11 is 0. The molecule has 86 valence electrons. The van der Waals surface area contributed by atoms with Gasteiger partial charge < -0.3 is 10.5 Å². The number of anilines is 1. The van der Waals surface area contributed by atoms with Gasteiger partial charge in [-0.2, -0.15) is 0 Å². The van der Waals surface area contributed by atoms with Crippen LogP contribution in [0.1, 0.15) is 11.1 Å². The molecule has 0 spiro atoms. The van der Waals surface area contributed by atoms with Crippen molar-refractivity contribution in [2.75, 3.05) is 12.8 Å². The maximum atomic E-state index is 5.63. The summed E-state index contributed by atoms with van der Waals surface area (Å²) in [5.41, 5.74) is 8.65. The highest BCUT2D eigenvalue weighted by Crippen LogP contribution is 2.15. The lowest BCUT2D eigenvalue weighted by Gasteiger charge is -2.00. The van der Waals surface area contributed by atoms with Crippen LogP contribution in [-0.2, 0) is 0 Å². The van der Waals surface area contributed by atoms with Gasteiger partial charge in [0.15, 0.2) is 0 Å². The number of ether oxygens (including phenoxy) is 1. The van der Waals surface area contributed by atoms with E-state index < -0.39 is 0 Å². The third kappa shape index (κ3) is 3.11. The highest BCUT2D eigenvalue weighted by atomic mass is 16.5. The van der Waals surface area contributed by atoms with Gasteiger partial charge >= 0.3 is 0 Å². The fourth-order valence-electron chi connectivity index (χ4n) is 1.54. The zero-order valence-electron chi connectivity index (χ0n) is 9.76. The van der Waals surface area contributed by atoms with E-state index in [0.717, 1.165) is 22.6 Å². The first kappa shape index (κ1) is 11.3. The van der Waals surface area contributed by atoms with E-state index in [1.165, 1.54) is 0 Å². The van der Waals surface area contributed by atoms with E-state index in [1.54, 1.807) is 7.11 Å². The Labute approximate surface area is 101 Å². The van der Waals surface area contributed by atoms with Gasteiger partial charge in [0.2, 0.25) is 0 Å². The van der Waals surface area contributed by atoms with Gasteiger partial charge in [0.05, 0.1) is 7.11 Å². The molecule has 0 aliphatic heterocycles. The number of hydrogen-bond donors (Lipinski definition) is 1. The van der Waals surface area contributed by atoms with Crippen LogP contribution in [-0.4, -0.2) is 7.11 Å². The topological polar surface area (TPSA) is 35.2 Å². The predicted octanol–water partition coefficient (Wildman–Crippen LogP) is 3.45. The van der Waals surface area contributed by atoms with Crippen molar-refractivity contribution in [2.24, 2.45) is 0 Å². The molecule has 2 aromatic carbocycles. The Morgan fingerprint density at radius 2 is 1.65 bits per heavy atom. The van der Waals surface area contributed by atoms with Crippen LogP contribution in [0.25, 0.3) is 12.2 Å². The van der Waals surface area contributed by atoms with Crippen LogP contribution >= 0.6 is 0 Å². The van der Waals surface area contributed by atoms with Gasteiger partial charge in [0, 0.05) is 5.69 Å². The minimum atomic E-state index is 0.781. The Morgan fingerprint density at radius 1 is 0.941 bits per heavy atom. The molecule has 2 N–H and O–H groups in total. The summed E-state index contributed by atoms with van der Waals surface area (Å²) in [6, 6.07) is 15.7. The van der Waals surface area contributed by atoms with Crippen LogP contribution in [0.15, 0.2) is 48.5 Å². The maximum Gasteiger partial charge on any atom is 0.119 e. The van der Waals surface area contributed by atoms with Gasteiger partial charge in [0.25, 0.3) is 0 Å². The van der Waals surface area contributed by atoms with Crippen LogP contribution in [0.2, 0.25) is 0 Å². The molecule has 2 heteroatoms. The highest BCUT2D eigenvalue weighted by molar-refractivity contribution is 5.70.